The van der Waals surface area contributed by atoms with Crippen molar-refractivity contribution in [3.63, 3.8) is 0 Å². The molecule has 2 N–H and O–H groups in total. The van der Waals surface area contributed by atoms with Gasteiger partial charge in [0, 0.05) is 25.4 Å². The number of benzene rings is 2. The maximum absolute atomic E-state index is 12.2. The zero-order valence-corrected chi connectivity index (χ0v) is 20.8. The number of hydrogen-bond donors (Lipinski definition) is 2. The fraction of sp³-hybridized carbons (Fsp3) is 0.483. The van der Waals surface area contributed by atoms with E-state index in [9.17, 15) is 19.5 Å². The number of hydrogen-bond acceptors (Lipinski definition) is 4. The molecule has 192 valence electrons. The van der Waals surface area contributed by atoms with Gasteiger partial charge in [-0.2, -0.15) is 0 Å². The van der Waals surface area contributed by atoms with E-state index in [2.05, 4.69) is 29.6 Å². The van der Waals surface area contributed by atoms with E-state index in [4.69, 9.17) is 4.84 Å². The molecular formula is C29H36N2O5. The van der Waals surface area contributed by atoms with Crippen molar-refractivity contribution in [1.82, 2.24) is 10.4 Å². The highest BCUT2D eigenvalue weighted by Gasteiger charge is 2.41. The van der Waals surface area contributed by atoms with Crippen molar-refractivity contribution in [2.75, 3.05) is 19.7 Å². The average Bonchev–Trinajstić information content (AvgIpc) is 3.51. The van der Waals surface area contributed by atoms with Gasteiger partial charge in [0.1, 0.15) is 0 Å². The Morgan fingerprint density at radius 1 is 1.00 bits per heavy atom. The van der Waals surface area contributed by atoms with Crippen LogP contribution in [0.4, 0.5) is 0 Å². The molecule has 0 heterocycles. The lowest BCUT2D eigenvalue weighted by atomic mass is 9.81. The monoisotopic (exact) mass is 492 g/mol. The van der Waals surface area contributed by atoms with E-state index in [0.29, 0.717) is 39.0 Å². The molecule has 36 heavy (non-hydrogen) atoms. The number of unbranched alkanes of at least 4 members (excludes halogenated alkanes) is 2. The summed E-state index contributed by atoms with van der Waals surface area (Å²) in [5.74, 6) is -0.756. The molecule has 2 aliphatic carbocycles. The number of carbonyl (C=O) groups is 3. The highest BCUT2D eigenvalue weighted by atomic mass is 16.7. The topological polar surface area (TPSA) is 95.9 Å². The first-order valence-electron chi connectivity index (χ1n) is 13.1. The zero-order chi connectivity index (χ0) is 25.4. The molecular weight excluding hydrogens is 456 g/mol. The highest BCUT2D eigenvalue weighted by molar-refractivity contribution is 5.79. The first-order chi connectivity index (χ1) is 17.5. The third kappa shape index (κ3) is 5.95. The van der Waals surface area contributed by atoms with Gasteiger partial charge in [0.05, 0.1) is 12.0 Å². The van der Waals surface area contributed by atoms with Gasteiger partial charge in [0.15, 0.2) is 0 Å². The number of aliphatic carboxylic acids is 1. The molecule has 0 radical (unpaired) electrons. The van der Waals surface area contributed by atoms with E-state index >= 15 is 0 Å². The molecule has 4 rings (SSSR count). The van der Waals surface area contributed by atoms with E-state index < -0.39 is 11.4 Å². The Bertz CT molecular complexity index is 1020. The van der Waals surface area contributed by atoms with Crippen LogP contribution in [-0.2, 0) is 19.2 Å². The van der Waals surface area contributed by atoms with Gasteiger partial charge in [0.2, 0.25) is 12.3 Å². The largest absolute Gasteiger partial charge is 0.481 e. The minimum Gasteiger partial charge on any atom is -0.481 e. The first-order valence-corrected chi connectivity index (χ1v) is 13.1. The number of carboxylic acids is 1. The molecule has 0 atom stereocenters. The summed E-state index contributed by atoms with van der Waals surface area (Å²) in [6.45, 7) is 1.45. The molecule has 0 aliphatic heterocycles. The fourth-order valence-corrected chi connectivity index (χ4v) is 5.62. The lowest BCUT2D eigenvalue weighted by Crippen LogP contribution is -2.31. The third-order valence-corrected chi connectivity index (χ3v) is 7.71. The molecule has 2 aromatic carbocycles. The van der Waals surface area contributed by atoms with Crippen LogP contribution in [0.5, 0.6) is 0 Å². The summed E-state index contributed by atoms with van der Waals surface area (Å²) in [5, 5.41) is 13.8. The van der Waals surface area contributed by atoms with Crippen LogP contribution in [0.15, 0.2) is 48.5 Å². The molecule has 1 saturated carbocycles. The smallest absolute Gasteiger partial charge is 0.309 e. The Morgan fingerprint density at radius 2 is 1.64 bits per heavy atom. The summed E-state index contributed by atoms with van der Waals surface area (Å²) in [4.78, 5) is 41.2. The molecule has 0 unspecified atom stereocenters. The number of fused-ring (bicyclic) bond motifs is 3. The van der Waals surface area contributed by atoms with E-state index in [-0.39, 0.29) is 18.2 Å². The SMILES string of the molecule is O=CN(CCCCCNC(=O)CCC1(C(=O)O)CCCC1)OCC1c2ccccc2-c2ccccc21. The molecule has 0 bridgehead atoms. The number of rotatable bonds is 14. The van der Waals surface area contributed by atoms with Gasteiger partial charge in [-0.15, -0.1) is 0 Å². The second-order valence-corrected chi connectivity index (χ2v) is 9.97. The minimum absolute atomic E-state index is 0.0856. The Morgan fingerprint density at radius 3 is 2.25 bits per heavy atom. The zero-order valence-electron chi connectivity index (χ0n) is 20.8. The lowest BCUT2D eigenvalue weighted by Gasteiger charge is -2.23. The number of nitrogens with zero attached hydrogens (tertiary/aromatic N) is 1. The molecule has 2 aromatic rings. The van der Waals surface area contributed by atoms with Crippen molar-refractivity contribution in [1.29, 1.82) is 0 Å². The Balaban J connectivity index is 1.14. The molecule has 7 nitrogen and oxygen atoms in total. The van der Waals surface area contributed by atoms with E-state index in [1.165, 1.54) is 27.3 Å². The summed E-state index contributed by atoms with van der Waals surface area (Å²) in [6.07, 6.45) is 7.02. The second-order valence-electron chi connectivity index (χ2n) is 9.97. The summed E-state index contributed by atoms with van der Waals surface area (Å²) in [5.41, 5.74) is 4.19. The molecule has 1 fully saturated rings. The van der Waals surface area contributed by atoms with E-state index in [1.54, 1.807) is 0 Å². The second kappa shape index (κ2) is 12.2. The summed E-state index contributed by atoms with van der Waals surface area (Å²) >= 11 is 0. The van der Waals surface area contributed by atoms with Gasteiger partial charge < -0.3 is 10.4 Å². The number of carbonyl (C=O) groups excluding carboxylic acids is 2. The number of carboxylic acid groups (broad SMARTS) is 1. The van der Waals surface area contributed by atoms with E-state index in [1.807, 2.05) is 24.3 Å². The highest BCUT2D eigenvalue weighted by Crippen LogP contribution is 2.44. The third-order valence-electron chi connectivity index (χ3n) is 7.71. The van der Waals surface area contributed by atoms with Gasteiger partial charge in [0.25, 0.3) is 0 Å². The maximum atomic E-state index is 12.2. The van der Waals surface area contributed by atoms with Crippen molar-refractivity contribution in [3.8, 4) is 11.1 Å². The van der Waals surface area contributed by atoms with Crippen LogP contribution in [0.3, 0.4) is 0 Å². The predicted octanol–water partition coefficient (Wildman–Crippen LogP) is 4.90. The molecule has 2 amide bonds. The minimum atomic E-state index is -0.768. The fourth-order valence-electron chi connectivity index (χ4n) is 5.62. The number of amides is 2. The maximum Gasteiger partial charge on any atom is 0.309 e. The predicted molar refractivity (Wildman–Crippen MR) is 137 cm³/mol. The standard InChI is InChI=1S/C29H36N2O5/c32-21-31(36-20-26-24-12-4-2-10-22(24)23-11-3-5-13-25(23)26)19-9-1-8-18-30-27(33)14-17-29(28(34)35)15-6-7-16-29/h2-5,10-13,21,26H,1,6-9,14-20H2,(H,30,33)(H,34,35). The molecule has 0 aromatic heterocycles. The quantitative estimate of drug-likeness (QED) is 0.222. The van der Waals surface area contributed by atoms with Crippen molar-refractivity contribution in [2.24, 2.45) is 5.41 Å². The van der Waals surface area contributed by atoms with Crippen molar-refractivity contribution >= 4 is 18.3 Å². The van der Waals surface area contributed by atoms with Crippen LogP contribution in [0.2, 0.25) is 0 Å². The Hall–Kier alpha value is -3.19. The van der Waals surface area contributed by atoms with Crippen molar-refractivity contribution < 1.29 is 24.3 Å². The molecule has 2 aliphatic rings. The lowest BCUT2D eigenvalue weighted by molar-refractivity contribution is -0.173. The first kappa shape index (κ1) is 25.9. The Kier molecular flexibility index (Phi) is 8.75. The van der Waals surface area contributed by atoms with Crippen LogP contribution in [0.1, 0.15) is 74.8 Å². The normalized spacial score (nSPS) is 15.8. The van der Waals surface area contributed by atoms with E-state index in [0.717, 1.165) is 38.5 Å². The summed E-state index contributed by atoms with van der Waals surface area (Å²) in [7, 11) is 0. The van der Waals surface area contributed by atoms with Gasteiger partial charge in [-0.1, -0.05) is 61.4 Å². The van der Waals surface area contributed by atoms with Gasteiger partial charge in [-0.3, -0.25) is 19.2 Å². The number of nitrogens with one attached hydrogen (secondary N) is 1. The van der Waals surface area contributed by atoms with Crippen LogP contribution in [0.25, 0.3) is 11.1 Å². The molecule has 7 heteroatoms. The van der Waals surface area contributed by atoms with Gasteiger partial charge >= 0.3 is 5.97 Å². The molecule has 0 spiro atoms. The van der Waals surface area contributed by atoms with Crippen LogP contribution in [-0.4, -0.2) is 48.2 Å². The van der Waals surface area contributed by atoms with Crippen molar-refractivity contribution in [3.05, 3.63) is 59.7 Å². The van der Waals surface area contributed by atoms with Crippen LogP contribution >= 0.6 is 0 Å². The summed E-state index contributed by atoms with van der Waals surface area (Å²) in [6, 6.07) is 16.7. The van der Waals surface area contributed by atoms with Crippen LogP contribution < -0.4 is 5.32 Å². The molecule has 0 saturated heterocycles. The summed E-state index contributed by atoms with van der Waals surface area (Å²) < 4.78 is 0. The van der Waals surface area contributed by atoms with Crippen molar-refractivity contribution in [2.45, 2.75) is 63.7 Å². The Labute approximate surface area is 212 Å². The van der Waals surface area contributed by atoms with Crippen LogP contribution in [0, 0.1) is 5.41 Å². The van der Waals surface area contributed by atoms with Gasteiger partial charge in [-0.25, -0.2) is 5.06 Å². The van der Waals surface area contributed by atoms with Gasteiger partial charge in [-0.05, 0) is 60.8 Å². The average molecular weight is 493 g/mol. The number of hydroxylamine groups is 2.